The van der Waals surface area contributed by atoms with E-state index in [-0.39, 0.29) is 6.54 Å². The number of fused-ring (bicyclic) bond motifs is 1. The summed E-state index contributed by atoms with van der Waals surface area (Å²) in [4.78, 5) is 2.99. The highest BCUT2D eigenvalue weighted by Crippen LogP contribution is 2.40. The van der Waals surface area contributed by atoms with E-state index in [0.29, 0.717) is 18.0 Å². The molecule has 6 heteroatoms. The van der Waals surface area contributed by atoms with Gasteiger partial charge in [-0.2, -0.15) is 13.2 Å². The van der Waals surface area contributed by atoms with Crippen molar-refractivity contribution in [3.63, 3.8) is 0 Å². The molecule has 2 heterocycles. The number of rotatable bonds is 2. The average Bonchev–Trinajstić information content (AvgIpc) is 2.84. The van der Waals surface area contributed by atoms with Crippen molar-refractivity contribution in [3.8, 4) is 0 Å². The average molecular weight is 316 g/mol. The Bertz CT molecular complexity index is 530. The van der Waals surface area contributed by atoms with Crippen LogP contribution in [-0.4, -0.2) is 18.0 Å². The minimum atomic E-state index is -4.28. The topological polar surface area (TPSA) is 15.3 Å². The summed E-state index contributed by atoms with van der Waals surface area (Å²) in [5.41, 5.74) is 0.687. The van der Waals surface area contributed by atoms with Gasteiger partial charge in [-0.05, 0) is 60.5 Å². The lowest BCUT2D eigenvalue weighted by molar-refractivity contribution is -0.138. The van der Waals surface area contributed by atoms with E-state index in [1.807, 2.05) is 6.07 Å². The number of likely N-dealkylation sites (tertiary alicyclic amines) is 1. The van der Waals surface area contributed by atoms with E-state index in [9.17, 15) is 13.2 Å². The Balaban J connectivity index is 1.86. The zero-order valence-electron chi connectivity index (χ0n) is 12.0. The Hall–Kier alpha value is -0.720. The van der Waals surface area contributed by atoms with Crippen molar-refractivity contribution >= 4 is 11.9 Å². The molecule has 0 spiro atoms. The third-order valence-electron chi connectivity index (χ3n) is 4.15. The van der Waals surface area contributed by atoms with Gasteiger partial charge in [-0.25, -0.2) is 0 Å². The van der Waals surface area contributed by atoms with Crippen LogP contribution in [0.1, 0.15) is 36.5 Å². The van der Waals surface area contributed by atoms with Gasteiger partial charge in [0.15, 0.2) is 0 Å². The molecule has 2 aliphatic rings. The second-order valence-corrected chi connectivity index (χ2v) is 6.96. The Kier molecular flexibility index (Phi) is 4.21. The fraction of sp³-hybridized carbons (Fsp3) is 0.600. The molecule has 0 unspecified atom stereocenters. The summed E-state index contributed by atoms with van der Waals surface area (Å²) in [5.74, 6) is 0.631. The Morgan fingerprint density at radius 3 is 2.90 bits per heavy atom. The van der Waals surface area contributed by atoms with Crippen LogP contribution in [-0.2, 0) is 19.3 Å². The van der Waals surface area contributed by atoms with Gasteiger partial charge in [0.1, 0.15) is 0 Å². The van der Waals surface area contributed by atoms with Crippen LogP contribution in [0.5, 0.6) is 0 Å². The van der Waals surface area contributed by atoms with Crippen LogP contribution in [0.4, 0.5) is 13.2 Å². The van der Waals surface area contributed by atoms with Crippen molar-refractivity contribution < 1.29 is 13.2 Å². The van der Waals surface area contributed by atoms with Crippen molar-refractivity contribution in [1.29, 1.82) is 0 Å². The van der Waals surface area contributed by atoms with Crippen molar-refractivity contribution in [1.82, 2.24) is 9.62 Å². The number of nitrogens with one attached hydrogen (secondary N) is 1. The van der Waals surface area contributed by atoms with Gasteiger partial charge in [0, 0.05) is 24.5 Å². The summed E-state index contributed by atoms with van der Waals surface area (Å²) >= 11 is 1.31. The summed E-state index contributed by atoms with van der Waals surface area (Å²) in [6.45, 7) is 5.06. The largest absolute Gasteiger partial charge is 0.416 e. The molecule has 0 aliphatic carbocycles. The number of hydrogen-bond donors (Lipinski definition) is 1. The van der Waals surface area contributed by atoms with E-state index in [4.69, 9.17) is 0 Å². The molecule has 1 N–H and O–H groups in total. The van der Waals surface area contributed by atoms with E-state index in [0.717, 1.165) is 30.0 Å². The molecule has 2 nitrogen and oxygen atoms in total. The molecular formula is C15H19F3N2S. The maximum atomic E-state index is 13.2. The minimum absolute atomic E-state index is 0.288. The SMILES string of the molecule is C[C@H]1CCCN(Cc2cc3c(c(C(F)(F)F)c2)CNS3)C1. The van der Waals surface area contributed by atoms with Crippen LogP contribution >= 0.6 is 11.9 Å². The van der Waals surface area contributed by atoms with Crippen LogP contribution in [0.15, 0.2) is 17.0 Å². The number of benzene rings is 1. The smallest absolute Gasteiger partial charge is 0.299 e. The van der Waals surface area contributed by atoms with Gasteiger partial charge in [-0.1, -0.05) is 6.92 Å². The second kappa shape index (κ2) is 5.82. The van der Waals surface area contributed by atoms with Crippen LogP contribution in [0, 0.1) is 5.92 Å². The van der Waals surface area contributed by atoms with Gasteiger partial charge in [0.05, 0.1) is 5.56 Å². The van der Waals surface area contributed by atoms with Crippen LogP contribution in [0.3, 0.4) is 0 Å². The maximum absolute atomic E-state index is 13.2. The molecule has 1 aromatic rings. The molecule has 0 amide bonds. The molecule has 21 heavy (non-hydrogen) atoms. The number of alkyl halides is 3. The molecule has 3 rings (SSSR count). The normalized spacial score (nSPS) is 23.3. The van der Waals surface area contributed by atoms with Crippen molar-refractivity contribution in [3.05, 3.63) is 28.8 Å². The molecule has 1 fully saturated rings. The molecule has 0 bridgehead atoms. The lowest BCUT2D eigenvalue weighted by Crippen LogP contribution is -2.33. The number of nitrogens with zero attached hydrogens (tertiary/aromatic N) is 1. The molecule has 0 aromatic heterocycles. The van der Waals surface area contributed by atoms with E-state index >= 15 is 0 Å². The molecule has 1 saturated heterocycles. The summed E-state index contributed by atoms with van der Waals surface area (Å²) < 4.78 is 42.6. The third kappa shape index (κ3) is 3.38. The quantitative estimate of drug-likeness (QED) is 0.829. The van der Waals surface area contributed by atoms with E-state index < -0.39 is 11.7 Å². The minimum Gasteiger partial charge on any atom is -0.299 e. The van der Waals surface area contributed by atoms with Gasteiger partial charge in [-0.3, -0.25) is 9.62 Å². The fourth-order valence-corrected chi connectivity index (χ4v) is 4.08. The van der Waals surface area contributed by atoms with Crippen molar-refractivity contribution in [2.75, 3.05) is 13.1 Å². The van der Waals surface area contributed by atoms with Crippen LogP contribution < -0.4 is 4.72 Å². The van der Waals surface area contributed by atoms with Crippen molar-refractivity contribution in [2.45, 2.75) is 43.9 Å². The number of hydrogen-bond acceptors (Lipinski definition) is 3. The molecular weight excluding hydrogens is 297 g/mol. The Morgan fingerprint density at radius 1 is 1.38 bits per heavy atom. The first kappa shape index (κ1) is 15.2. The Morgan fingerprint density at radius 2 is 2.19 bits per heavy atom. The van der Waals surface area contributed by atoms with Crippen LogP contribution in [0.2, 0.25) is 0 Å². The number of halogens is 3. The Labute approximate surface area is 127 Å². The van der Waals surface area contributed by atoms with E-state index in [2.05, 4.69) is 16.5 Å². The summed E-state index contributed by atoms with van der Waals surface area (Å²) in [6, 6.07) is 3.25. The van der Waals surface area contributed by atoms with Gasteiger partial charge in [0.2, 0.25) is 0 Å². The van der Waals surface area contributed by atoms with E-state index in [1.54, 1.807) is 0 Å². The molecule has 116 valence electrons. The zero-order chi connectivity index (χ0) is 15.0. The predicted octanol–water partition coefficient (Wildman–Crippen LogP) is 4.05. The first-order chi connectivity index (χ1) is 9.93. The summed E-state index contributed by atoms with van der Waals surface area (Å²) in [5, 5.41) is 0. The summed E-state index contributed by atoms with van der Waals surface area (Å²) in [7, 11) is 0. The standard InChI is InChI=1S/C15H19F3N2S/c1-10-3-2-4-20(8-10)9-11-5-13(15(16,17)18)12-7-19-21-14(12)6-11/h5-6,10,19H,2-4,7-9H2,1H3/t10-/m0/s1. The van der Waals surface area contributed by atoms with Crippen LogP contribution in [0.25, 0.3) is 0 Å². The highest BCUT2D eigenvalue weighted by molar-refractivity contribution is 7.97. The van der Waals surface area contributed by atoms with Gasteiger partial charge in [-0.15, -0.1) is 0 Å². The molecule has 0 radical (unpaired) electrons. The van der Waals surface area contributed by atoms with Gasteiger partial charge >= 0.3 is 6.18 Å². The molecule has 0 saturated carbocycles. The fourth-order valence-electron chi connectivity index (χ4n) is 3.19. The third-order valence-corrected chi connectivity index (χ3v) is 5.03. The highest BCUT2D eigenvalue weighted by Gasteiger charge is 2.36. The zero-order valence-corrected chi connectivity index (χ0v) is 12.8. The highest BCUT2D eigenvalue weighted by atomic mass is 32.2. The first-order valence-electron chi connectivity index (χ1n) is 7.28. The second-order valence-electron chi connectivity index (χ2n) is 6.02. The van der Waals surface area contributed by atoms with E-state index in [1.165, 1.54) is 24.4 Å². The first-order valence-corrected chi connectivity index (χ1v) is 8.10. The predicted molar refractivity (Wildman–Crippen MR) is 77.8 cm³/mol. The molecule has 2 aliphatic heterocycles. The number of piperidine rings is 1. The summed E-state index contributed by atoms with van der Waals surface area (Å²) in [6.07, 6.45) is -1.93. The maximum Gasteiger partial charge on any atom is 0.416 e. The monoisotopic (exact) mass is 316 g/mol. The van der Waals surface area contributed by atoms with Crippen molar-refractivity contribution in [2.24, 2.45) is 5.92 Å². The van der Waals surface area contributed by atoms with Gasteiger partial charge < -0.3 is 0 Å². The lowest BCUT2D eigenvalue weighted by Gasteiger charge is -2.31. The van der Waals surface area contributed by atoms with Gasteiger partial charge in [0.25, 0.3) is 0 Å². The molecule has 1 atom stereocenters. The lowest BCUT2D eigenvalue weighted by atomic mass is 9.98. The molecule has 1 aromatic carbocycles.